The first-order valence-corrected chi connectivity index (χ1v) is 8.42. The number of rotatable bonds is 8. The van der Waals surface area contributed by atoms with Gasteiger partial charge < -0.3 is 24.8 Å². The Morgan fingerprint density at radius 1 is 1.22 bits per heavy atom. The van der Waals surface area contributed by atoms with Gasteiger partial charge in [0.15, 0.2) is 18.1 Å². The number of imide groups is 1. The van der Waals surface area contributed by atoms with E-state index in [0.29, 0.717) is 11.5 Å². The Bertz CT molecular complexity index is 749. The Kier molecular flexibility index (Phi) is 5.74. The van der Waals surface area contributed by atoms with Crippen molar-refractivity contribution in [1.82, 2.24) is 15.5 Å². The number of carbonyl (C=O) groups excluding carboxylic acids is 4. The normalized spacial score (nSPS) is 14.9. The second kappa shape index (κ2) is 8.39. The molecule has 144 valence electrons. The van der Waals surface area contributed by atoms with E-state index < -0.39 is 24.5 Å². The van der Waals surface area contributed by atoms with Crippen molar-refractivity contribution in [2.24, 2.45) is 0 Å². The van der Waals surface area contributed by atoms with E-state index in [1.54, 1.807) is 18.2 Å². The van der Waals surface area contributed by atoms with Gasteiger partial charge in [-0.1, -0.05) is 6.07 Å². The van der Waals surface area contributed by atoms with Crippen LogP contribution in [-0.2, 0) is 25.7 Å². The predicted molar refractivity (Wildman–Crippen MR) is 89.7 cm³/mol. The minimum absolute atomic E-state index is 0.00645. The summed E-state index contributed by atoms with van der Waals surface area (Å²) in [6.07, 6.45) is 0.281. The van der Waals surface area contributed by atoms with Crippen LogP contribution >= 0.6 is 0 Å². The highest BCUT2D eigenvalue weighted by Gasteiger charge is 2.27. The lowest BCUT2D eigenvalue weighted by molar-refractivity contribution is -0.148. The summed E-state index contributed by atoms with van der Waals surface area (Å²) < 4.78 is 15.4. The van der Waals surface area contributed by atoms with E-state index in [1.165, 1.54) is 0 Å². The molecule has 0 atom stereocenters. The number of nitrogens with zero attached hydrogens (tertiary/aromatic N) is 1. The first-order chi connectivity index (χ1) is 13.0. The molecule has 1 saturated heterocycles. The van der Waals surface area contributed by atoms with Gasteiger partial charge >= 0.3 is 12.0 Å². The number of benzene rings is 1. The summed E-state index contributed by atoms with van der Waals surface area (Å²) in [7, 11) is 0. The molecular weight excluding hydrogens is 358 g/mol. The highest BCUT2D eigenvalue weighted by Crippen LogP contribution is 2.32. The van der Waals surface area contributed by atoms with E-state index >= 15 is 0 Å². The molecule has 0 aromatic heterocycles. The Labute approximate surface area is 154 Å². The van der Waals surface area contributed by atoms with Crippen molar-refractivity contribution in [3.8, 4) is 11.5 Å². The van der Waals surface area contributed by atoms with Gasteiger partial charge in [0.2, 0.25) is 12.7 Å². The fourth-order valence-electron chi connectivity index (χ4n) is 2.58. The maximum Gasteiger partial charge on any atom is 0.324 e. The zero-order valence-electron chi connectivity index (χ0n) is 14.5. The third kappa shape index (κ3) is 4.87. The molecule has 0 radical (unpaired) electrons. The van der Waals surface area contributed by atoms with Crippen LogP contribution in [0.2, 0.25) is 0 Å². The van der Waals surface area contributed by atoms with Gasteiger partial charge in [-0.2, -0.15) is 0 Å². The SMILES string of the molecule is O=C(COC(=O)CCCN1C(=O)CNC1=O)NCc1ccc2c(c1)OCO2. The Balaban J connectivity index is 1.31. The van der Waals surface area contributed by atoms with Gasteiger partial charge in [0.25, 0.3) is 5.91 Å². The van der Waals surface area contributed by atoms with Gasteiger partial charge in [0.1, 0.15) is 0 Å². The minimum Gasteiger partial charge on any atom is -0.456 e. The average molecular weight is 377 g/mol. The van der Waals surface area contributed by atoms with Crippen LogP contribution in [0.15, 0.2) is 18.2 Å². The molecule has 27 heavy (non-hydrogen) atoms. The number of nitrogens with one attached hydrogen (secondary N) is 2. The third-order valence-corrected chi connectivity index (χ3v) is 3.99. The molecule has 3 rings (SSSR count). The van der Waals surface area contributed by atoms with Gasteiger partial charge in [0.05, 0.1) is 6.54 Å². The van der Waals surface area contributed by atoms with Crippen molar-refractivity contribution in [1.29, 1.82) is 0 Å². The second-order valence-corrected chi connectivity index (χ2v) is 5.93. The Hall–Kier alpha value is -3.30. The molecule has 1 aromatic carbocycles. The number of amides is 4. The molecule has 10 heteroatoms. The van der Waals surface area contributed by atoms with Gasteiger partial charge in [-0.3, -0.25) is 19.3 Å². The monoisotopic (exact) mass is 377 g/mol. The standard InChI is InChI=1S/C17H19N3O7/c21-14(18-7-11-3-4-12-13(6-11)27-10-26-12)9-25-16(23)2-1-5-20-15(22)8-19-17(20)24/h3-4,6H,1-2,5,7-10H2,(H,18,21)(H,19,24). The molecule has 0 bridgehead atoms. The van der Waals surface area contributed by atoms with Crippen molar-refractivity contribution in [3.05, 3.63) is 23.8 Å². The maximum atomic E-state index is 11.8. The lowest BCUT2D eigenvalue weighted by atomic mass is 10.2. The third-order valence-electron chi connectivity index (χ3n) is 3.99. The van der Waals surface area contributed by atoms with Crippen LogP contribution in [0.1, 0.15) is 18.4 Å². The van der Waals surface area contributed by atoms with Crippen LogP contribution in [0.25, 0.3) is 0 Å². The van der Waals surface area contributed by atoms with Gasteiger partial charge in [-0.05, 0) is 24.1 Å². The molecule has 0 aliphatic carbocycles. The van der Waals surface area contributed by atoms with Crippen molar-refractivity contribution in [3.63, 3.8) is 0 Å². The van der Waals surface area contributed by atoms with Crippen LogP contribution < -0.4 is 20.1 Å². The summed E-state index contributed by atoms with van der Waals surface area (Å²) >= 11 is 0. The lowest BCUT2D eigenvalue weighted by Gasteiger charge is -2.11. The first kappa shape index (κ1) is 18.5. The second-order valence-electron chi connectivity index (χ2n) is 5.93. The molecule has 2 N–H and O–H groups in total. The molecule has 2 aliphatic rings. The molecule has 2 heterocycles. The van der Waals surface area contributed by atoms with E-state index in [0.717, 1.165) is 10.5 Å². The minimum atomic E-state index is -0.569. The molecule has 2 aliphatic heterocycles. The zero-order valence-corrected chi connectivity index (χ0v) is 14.5. The van der Waals surface area contributed by atoms with E-state index in [4.69, 9.17) is 14.2 Å². The van der Waals surface area contributed by atoms with Crippen LogP contribution in [0, 0.1) is 0 Å². The number of ether oxygens (including phenoxy) is 3. The summed E-state index contributed by atoms with van der Waals surface area (Å²) in [6.45, 7) is 0.159. The largest absolute Gasteiger partial charge is 0.456 e. The molecule has 0 unspecified atom stereocenters. The summed E-state index contributed by atoms with van der Waals surface area (Å²) in [5.74, 6) is -0.0443. The van der Waals surface area contributed by atoms with Crippen molar-refractivity contribution in [2.75, 3.05) is 26.5 Å². The number of hydrogen-bond acceptors (Lipinski definition) is 7. The summed E-state index contributed by atoms with van der Waals surface area (Å²) in [6, 6.07) is 4.87. The fraction of sp³-hybridized carbons (Fsp3) is 0.412. The van der Waals surface area contributed by atoms with Crippen LogP contribution in [-0.4, -0.2) is 55.2 Å². The Morgan fingerprint density at radius 3 is 2.81 bits per heavy atom. The highest BCUT2D eigenvalue weighted by molar-refractivity contribution is 6.01. The first-order valence-electron chi connectivity index (χ1n) is 8.42. The molecule has 0 spiro atoms. The van der Waals surface area contributed by atoms with Crippen LogP contribution in [0.3, 0.4) is 0 Å². The lowest BCUT2D eigenvalue weighted by Crippen LogP contribution is -2.32. The number of fused-ring (bicyclic) bond motifs is 1. The number of carbonyl (C=O) groups is 4. The van der Waals surface area contributed by atoms with Crippen LogP contribution in [0.4, 0.5) is 4.79 Å². The molecule has 4 amide bonds. The van der Waals surface area contributed by atoms with Crippen molar-refractivity contribution in [2.45, 2.75) is 19.4 Å². The smallest absolute Gasteiger partial charge is 0.324 e. The van der Waals surface area contributed by atoms with Crippen molar-refractivity contribution >= 4 is 23.8 Å². The quantitative estimate of drug-likeness (QED) is 0.479. The van der Waals surface area contributed by atoms with Crippen molar-refractivity contribution < 1.29 is 33.4 Å². The molecule has 10 nitrogen and oxygen atoms in total. The Morgan fingerprint density at radius 2 is 2.04 bits per heavy atom. The average Bonchev–Trinajstić information content (AvgIpc) is 3.25. The number of esters is 1. The number of urea groups is 1. The van der Waals surface area contributed by atoms with E-state index in [2.05, 4.69) is 10.6 Å². The van der Waals surface area contributed by atoms with Crippen LogP contribution in [0.5, 0.6) is 11.5 Å². The summed E-state index contributed by atoms with van der Waals surface area (Å²) in [5.41, 5.74) is 0.826. The maximum absolute atomic E-state index is 11.8. The van der Waals surface area contributed by atoms with Gasteiger partial charge in [-0.25, -0.2) is 4.79 Å². The van der Waals surface area contributed by atoms with E-state index in [1.807, 2.05) is 0 Å². The summed E-state index contributed by atoms with van der Waals surface area (Å²) in [4.78, 5) is 47.2. The molecule has 1 aromatic rings. The summed E-state index contributed by atoms with van der Waals surface area (Å²) in [5, 5.41) is 5.03. The number of hydrogen-bond donors (Lipinski definition) is 2. The predicted octanol–water partition coefficient (Wildman–Crippen LogP) is -0.0933. The zero-order chi connectivity index (χ0) is 19.2. The van der Waals surface area contributed by atoms with E-state index in [9.17, 15) is 19.2 Å². The van der Waals surface area contributed by atoms with Gasteiger partial charge in [-0.15, -0.1) is 0 Å². The highest BCUT2D eigenvalue weighted by atomic mass is 16.7. The molecule has 0 saturated carbocycles. The van der Waals surface area contributed by atoms with Gasteiger partial charge in [0, 0.05) is 19.5 Å². The topological polar surface area (TPSA) is 123 Å². The molecular formula is C17H19N3O7. The molecule has 1 fully saturated rings. The fourth-order valence-corrected chi connectivity index (χ4v) is 2.58. The van der Waals surface area contributed by atoms with E-state index in [-0.39, 0.29) is 45.2 Å².